The van der Waals surface area contributed by atoms with Gasteiger partial charge in [0.25, 0.3) is 11.8 Å². The maximum Gasteiger partial charge on any atom is 0.253 e. The highest BCUT2D eigenvalue weighted by molar-refractivity contribution is 6.12. The van der Waals surface area contributed by atoms with Gasteiger partial charge in [-0.25, -0.2) is 0 Å². The van der Waals surface area contributed by atoms with E-state index in [2.05, 4.69) is 5.73 Å². The molecule has 60 valence electrons. The van der Waals surface area contributed by atoms with Gasteiger partial charge in [0.2, 0.25) is 0 Å². The molecule has 1 heterocycles. The zero-order valence-corrected chi connectivity index (χ0v) is 6.25. The molecule has 0 spiro atoms. The van der Waals surface area contributed by atoms with E-state index >= 15 is 0 Å². The van der Waals surface area contributed by atoms with Crippen molar-refractivity contribution in [1.29, 1.82) is 0 Å². The molecule has 0 unspecified atom stereocenters. The molecular formula is C7H11N2O2+. The van der Waals surface area contributed by atoms with E-state index in [-0.39, 0.29) is 11.8 Å². The van der Waals surface area contributed by atoms with E-state index in [9.17, 15) is 9.59 Å². The van der Waals surface area contributed by atoms with Crippen molar-refractivity contribution in [2.75, 3.05) is 13.1 Å². The highest BCUT2D eigenvalue weighted by atomic mass is 16.2. The number of nitrogens with zero attached hydrogens (tertiary/aromatic N) is 1. The van der Waals surface area contributed by atoms with Gasteiger partial charge in [-0.1, -0.05) is 0 Å². The molecule has 2 amide bonds. The molecule has 0 saturated heterocycles. The van der Waals surface area contributed by atoms with Crippen LogP contribution in [0.4, 0.5) is 0 Å². The molecule has 0 aromatic rings. The average molecular weight is 155 g/mol. The summed E-state index contributed by atoms with van der Waals surface area (Å²) >= 11 is 0. The van der Waals surface area contributed by atoms with Gasteiger partial charge in [-0.15, -0.1) is 0 Å². The van der Waals surface area contributed by atoms with Crippen LogP contribution >= 0.6 is 0 Å². The Labute approximate surface area is 64.7 Å². The molecule has 0 aliphatic carbocycles. The lowest BCUT2D eigenvalue weighted by molar-refractivity contribution is -0.368. The van der Waals surface area contributed by atoms with Gasteiger partial charge in [0.1, 0.15) is 0 Å². The second-order valence-electron chi connectivity index (χ2n) is 2.37. The number of quaternary nitrogens is 1. The van der Waals surface area contributed by atoms with Crippen LogP contribution in [0.15, 0.2) is 12.2 Å². The van der Waals surface area contributed by atoms with E-state index in [1.807, 2.05) is 0 Å². The van der Waals surface area contributed by atoms with Gasteiger partial charge in [-0.2, -0.15) is 0 Å². The van der Waals surface area contributed by atoms with Crippen LogP contribution < -0.4 is 5.73 Å². The van der Waals surface area contributed by atoms with Crippen LogP contribution in [0.3, 0.4) is 0 Å². The van der Waals surface area contributed by atoms with E-state index in [0.29, 0.717) is 6.54 Å². The standard InChI is InChI=1S/C7H10N2O2/c8-4-1-5-9-6(10)2-3-7(9)11/h2-3H,1,4-5,8H2/p+1. The summed E-state index contributed by atoms with van der Waals surface area (Å²) in [6.07, 6.45) is 3.37. The lowest BCUT2D eigenvalue weighted by atomic mass is 10.4. The number of carbonyl (C=O) groups is 2. The molecule has 11 heavy (non-hydrogen) atoms. The molecule has 0 bridgehead atoms. The SMILES string of the molecule is [NH3+]CCCN1C(=O)C=CC1=O. The molecule has 4 heteroatoms. The Bertz CT molecular complexity index is 192. The van der Waals surface area contributed by atoms with Crippen molar-refractivity contribution in [3.8, 4) is 0 Å². The molecule has 4 nitrogen and oxygen atoms in total. The van der Waals surface area contributed by atoms with Crippen LogP contribution in [-0.2, 0) is 9.59 Å². The van der Waals surface area contributed by atoms with E-state index in [0.717, 1.165) is 13.0 Å². The predicted molar refractivity (Wildman–Crippen MR) is 38.2 cm³/mol. The van der Waals surface area contributed by atoms with Gasteiger partial charge in [0.05, 0.1) is 6.54 Å². The van der Waals surface area contributed by atoms with Crippen LogP contribution in [-0.4, -0.2) is 29.8 Å². The number of rotatable bonds is 3. The third-order valence-corrected chi connectivity index (χ3v) is 1.53. The third kappa shape index (κ3) is 1.65. The van der Waals surface area contributed by atoms with Crippen molar-refractivity contribution in [3.05, 3.63) is 12.2 Å². The molecule has 1 rings (SSSR count). The van der Waals surface area contributed by atoms with Gasteiger partial charge < -0.3 is 5.73 Å². The van der Waals surface area contributed by atoms with E-state index in [1.54, 1.807) is 0 Å². The van der Waals surface area contributed by atoms with Gasteiger partial charge in [0, 0.05) is 25.1 Å². The predicted octanol–water partition coefficient (Wildman–Crippen LogP) is -1.46. The summed E-state index contributed by atoms with van der Waals surface area (Å²) < 4.78 is 0. The lowest BCUT2D eigenvalue weighted by Gasteiger charge is -2.11. The van der Waals surface area contributed by atoms with Crippen LogP contribution in [0.5, 0.6) is 0 Å². The molecule has 0 aromatic heterocycles. The second kappa shape index (κ2) is 3.30. The monoisotopic (exact) mass is 155 g/mol. The van der Waals surface area contributed by atoms with Crippen molar-refractivity contribution < 1.29 is 15.3 Å². The molecule has 3 N–H and O–H groups in total. The Balaban J connectivity index is 2.46. The highest BCUT2D eigenvalue weighted by Gasteiger charge is 2.21. The first-order valence-corrected chi connectivity index (χ1v) is 3.58. The first-order valence-electron chi connectivity index (χ1n) is 3.58. The topological polar surface area (TPSA) is 65.0 Å². The number of hydrogen-bond donors (Lipinski definition) is 1. The molecule has 1 aliphatic heterocycles. The Morgan fingerprint density at radius 2 is 1.82 bits per heavy atom. The lowest BCUT2D eigenvalue weighted by Crippen LogP contribution is -2.51. The largest absolute Gasteiger partial charge is 0.358 e. The maximum absolute atomic E-state index is 10.9. The van der Waals surface area contributed by atoms with Gasteiger partial charge in [0.15, 0.2) is 0 Å². The van der Waals surface area contributed by atoms with Crippen molar-refractivity contribution >= 4 is 11.8 Å². The fourth-order valence-electron chi connectivity index (χ4n) is 0.921. The molecule has 1 aliphatic rings. The second-order valence-corrected chi connectivity index (χ2v) is 2.37. The summed E-state index contributed by atoms with van der Waals surface area (Å²) in [6.45, 7) is 1.24. The van der Waals surface area contributed by atoms with Crippen LogP contribution in [0.1, 0.15) is 6.42 Å². The minimum Gasteiger partial charge on any atom is -0.358 e. The summed E-state index contributed by atoms with van der Waals surface area (Å²) in [5.41, 5.74) is 3.63. The van der Waals surface area contributed by atoms with Gasteiger partial charge in [-0.05, 0) is 0 Å². The van der Waals surface area contributed by atoms with E-state index < -0.39 is 0 Å². The molecular weight excluding hydrogens is 144 g/mol. The minimum atomic E-state index is -0.205. The molecule has 0 radical (unpaired) electrons. The Hall–Kier alpha value is -1.16. The van der Waals surface area contributed by atoms with Crippen molar-refractivity contribution in [2.45, 2.75) is 6.42 Å². The van der Waals surface area contributed by atoms with Gasteiger partial charge in [-0.3, -0.25) is 14.5 Å². The molecule has 0 aromatic carbocycles. The smallest absolute Gasteiger partial charge is 0.253 e. The Morgan fingerprint density at radius 1 is 1.27 bits per heavy atom. The summed E-state index contributed by atoms with van der Waals surface area (Å²) in [5, 5.41) is 0. The van der Waals surface area contributed by atoms with Crippen LogP contribution in [0, 0.1) is 0 Å². The van der Waals surface area contributed by atoms with Crippen molar-refractivity contribution in [1.82, 2.24) is 4.90 Å². The Kier molecular flexibility index (Phi) is 2.38. The molecule has 0 atom stereocenters. The first kappa shape index (κ1) is 7.94. The fraction of sp³-hybridized carbons (Fsp3) is 0.429. The number of hydrogen-bond acceptors (Lipinski definition) is 2. The highest BCUT2D eigenvalue weighted by Crippen LogP contribution is 2.02. The molecule has 0 saturated carbocycles. The number of imide groups is 1. The van der Waals surface area contributed by atoms with Crippen LogP contribution in [0.25, 0.3) is 0 Å². The normalized spacial score (nSPS) is 16.6. The van der Waals surface area contributed by atoms with Crippen molar-refractivity contribution in [3.63, 3.8) is 0 Å². The fourth-order valence-corrected chi connectivity index (χ4v) is 0.921. The zero-order chi connectivity index (χ0) is 8.27. The first-order chi connectivity index (χ1) is 5.25. The average Bonchev–Trinajstić information content (AvgIpc) is 2.29. The summed E-state index contributed by atoms with van der Waals surface area (Å²) in [5.74, 6) is -0.410. The summed E-state index contributed by atoms with van der Waals surface area (Å²) in [7, 11) is 0. The summed E-state index contributed by atoms with van der Waals surface area (Å²) in [6, 6.07) is 0. The zero-order valence-electron chi connectivity index (χ0n) is 6.25. The minimum absolute atomic E-state index is 0.205. The van der Waals surface area contributed by atoms with Crippen LogP contribution in [0.2, 0.25) is 0 Å². The third-order valence-electron chi connectivity index (χ3n) is 1.53. The maximum atomic E-state index is 10.9. The summed E-state index contributed by atoms with van der Waals surface area (Å²) in [4.78, 5) is 23.0. The number of carbonyl (C=O) groups excluding carboxylic acids is 2. The number of amides is 2. The van der Waals surface area contributed by atoms with Gasteiger partial charge >= 0.3 is 0 Å². The Morgan fingerprint density at radius 3 is 2.27 bits per heavy atom. The molecule has 0 fully saturated rings. The van der Waals surface area contributed by atoms with Crippen molar-refractivity contribution in [2.24, 2.45) is 0 Å². The quantitative estimate of drug-likeness (QED) is 0.506. The van der Waals surface area contributed by atoms with E-state index in [4.69, 9.17) is 0 Å². The van der Waals surface area contributed by atoms with E-state index in [1.165, 1.54) is 17.1 Å².